The Morgan fingerprint density at radius 2 is 1.83 bits per heavy atom. The number of rotatable bonds is 7. The molecule has 8 nitrogen and oxygen atoms in total. The van der Waals surface area contributed by atoms with Crippen LogP contribution in [0.25, 0.3) is 11.0 Å². The molecule has 1 atom stereocenters. The lowest BCUT2D eigenvalue weighted by Crippen LogP contribution is -2.33. The second-order valence-corrected chi connectivity index (χ2v) is 7.28. The van der Waals surface area contributed by atoms with Crippen molar-refractivity contribution in [3.8, 4) is 11.5 Å². The van der Waals surface area contributed by atoms with Crippen LogP contribution in [0.5, 0.6) is 11.5 Å². The van der Waals surface area contributed by atoms with Gasteiger partial charge in [0.15, 0.2) is 11.5 Å². The average molecular weight is 476 g/mol. The van der Waals surface area contributed by atoms with Gasteiger partial charge >= 0.3 is 11.6 Å². The molecule has 0 aliphatic heterocycles. The van der Waals surface area contributed by atoms with E-state index in [2.05, 4.69) is 21.2 Å². The molecule has 2 aromatic carbocycles. The van der Waals surface area contributed by atoms with Gasteiger partial charge in [-0.3, -0.25) is 9.59 Å². The molecule has 1 heterocycles. The zero-order valence-corrected chi connectivity index (χ0v) is 17.7. The number of aliphatic carboxylic acids is 1. The molecule has 0 aliphatic carbocycles. The summed E-state index contributed by atoms with van der Waals surface area (Å²) < 4.78 is 16.4. The van der Waals surface area contributed by atoms with E-state index in [1.54, 1.807) is 36.4 Å². The summed E-state index contributed by atoms with van der Waals surface area (Å²) in [6, 6.07) is 10.3. The zero-order chi connectivity index (χ0) is 21.8. The minimum Gasteiger partial charge on any atom is -0.493 e. The first-order valence-corrected chi connectivity index (χ1v) is 9.59. The third-order valence-electron chi connectivity index (χ3n) is 4.43. The van der Waals surface area contributed by atoms with E-state index in [0.29, 0.717) is 28.0 Å². The number of fused-ring (bicyclic) bond motifs is 1. The molecule has 0 saturated heterocycles. The average Bonchev–Trinajstić information content (AvgIpc) is 2.72. The Labute approximate surface area is 179 Å². The molecule has 0 fully saturated rings. The number of hydrogen-bond donors (Lipinski definition) is 2. The summed E-state index contributed by atoms with van der Waals surface area (Å²) in [5, 5.41) is 12.4. The van der Waals surface area contributed by atoms with Crippen LogP contribution in [0.2, 0.25) is 0 Å². The fourth-order valence-corrected chi connectivity index (χ4v) is 3.36. The molecule has 30 heavy (non-hydrogen) atoms. The minimum atomic E-state index is -1.12. The summed E-state index contributed by atoms with van der Waals surface area (Å²) in [5.74, 6) is -1.02. The summed E-state index contributed by atoms with van der Waals surface area (Å²) >= 11 is 3.33. The standard InChI is InChI=1S/C21H18BrNO7/c1-28-17-5-3-11(9-18(17)29-2)15(10-19(24)25)23-20(26)14-8-12-7-13(22)4-6-16(12)30-21(14)27/h3-9,15H,10H2,1-2H3,(H,23,26)(H,24,25)/t15-/m1/s1. The number of nitrogens with one attached hydrogen (secondary N) is 1. The monoisotopic (exact) mass is 475 g/mol. The van der Waals surface area contributed by atoms with Crippen LogP contribution in [0.3, 0.4) is 0 Å². The van der Waals surface area contributed by atoms with Crippen molar-refractivity contribution < 1.29 is 28.6 Å². The highest BCUT2D eigenvalue weighted by atomic mass is 79.9. The summed E-state index contributed by atoms with van der Waals surface area (Å²) in [6.07, 6.45) is -0.397. The second-order valence-electron chi connectivity index (χ2n) is 6.37. The van der Waals surface area contributed by atoms with Crippen LogP contribution in [0.15, 0.2) is 56.1 Å². The Morgan fingerprint density at radius 1 is 1.10 bits per heavy atom. The van der Waals surface area contributed by atoms with Gasteiger partial charge in [0.25, 0.3) is 5.91 Å². The highest BCUT2D eigenvalue weighted by Crippen LogP contribution is 2.31. The number of carboxylic acid groups (broad SMARTS) is 1. The molecule has 0 saturated carbocycles. The van der Waals surface area contributed by atoms with E-state index in [1.807, 2.05) is 0 Å². The van der Waals surface area contributed by atoms with Gasteiger partial charge in [0.2, 0.25) is 0 Å². The van der Waals surface area contributed by atoms with E-state index in [0.717, 1.165) is 4.47 Å². The number of halogens is 1. The van der Waals surface area contributed by atoms with Crippen molar-refractivity contribution >= 4 is 38.8 Å². The summed E-state index contributed by atoms with van der Waals surface area (Å²) in [7, 11) is 2.93. The Kier molecular flexibility index (Phi) is 6.41. The second kappa shape index (κ2) is 9.00. The maximum Gasteiger partial charge on any atom is 0.349 e. The van der Waals surface area contributed by atoms with Crippen LogP contribution in [-0.2, 0) is 4.79 Å². The number of hydrogen-bond acceptors (Lipinski definition) is 6. The van der Waals surface area contributed by atoms with Gasteiger partial charge in [-0.2, -0.15) is 0 Å². The van der Waals surface area contributed by atoms with Crippen LogP contribution >= 0.6 is 15.9 Å². The third kappa shape index (κ3) is 4.62. The van der Waals surface area contributed by atoms with Crippen molar-refractivity contribution in [1.29, 1.82) is 0 Å². The zero-order valence-electron chi connectivity index (χ0n) is 16.1. The smallest absolute Gasteiger partial charge is 0.349 e. The fraction of sp³-hybridized carbons (Fsp3) is 0.190. The Balaban J connectivity index is 1.96. The number of carbonyl (C=O) groups is 2. The van der Waals surface area contributed by atoms with Crippen molar-refractivity contribution in [1.82, 2.24) is 5.32 Å². The van der Waals surface area contributed by atoms with E-state index in [-0.39, 0.29) is 5.56 Å². The Hall–Kier alpha value is -3.33. The maximum absolute atomic E-state index is 12.8. The Morgan fingerprint density at radius 3 is 2.50 bits per heavy atom. The normalized spacial score (nSPS) is 11.7. The molecule has 0 aliphatic rings. The number of ether oxygens (including phenoxy) is 2. The quantitative estimate of drug-likeness (QED) is 0.502. The first-order valence-electron chi connectivity index (χ1n) is 8.80. The van der Waals surface area contributed by atoms with Crippen molar-refractivity contribution in [3.05, 3.63) is 68.5 Å². The number of methoxy groups -OCH3 is 2. The van der Waals surface area contributed by atoms with Gasteiger partial charge in [0.1, 0.15) is 11.1 Å². The molecular weight excluding hydrogens is 458 g/mol. The number of carbonyl (C=O) groups excluding carboxylic acids is 1. The molecule has 3 rings (SSSR count). The van der Waals surface area contributed by atoms with Gasteiger partial charge in [-0.1, -0.05) is 22.0 Å². The van der Waals surface area contributed by atoms with Crippen molar-refractivity contribution in [3.63, 3.8) is 0 Å². The van der Waals surface area contributed by atoms with Crippen molar-refractivity contribution in [2.24, 2.45) is 0 Å². The highest BCUT2D eigenvalue weighted by Gasteiger charge is 2.23. The molecular formula is C21H18BrNO7. The first-order chi connectivity index (χ1) is 14.3. The van der Waals surface area contributed by atoms with Crippen LogP contribution in [-0.4, -0.2) is 31.2 Å². The van der Waals surface area contributed by atoms with Gasteiger partial charge in [0, 0.05) is 9.86 Å². The van der Waals surface area contributed by atoms with Crippen LogP contribution in [0.1, 0.15) is 28.4 Å². The van der Waals surface area contributed by atoms with Crippen molar-refractivity contribution in [2.75, 3.05) is 14.2 Å². The molecule has 1 aromatic heterocycles. The van der Waals surface area contributed by atoms with Gasteiger partial charge < -0.3 is 24.3 Å². The SMILES string of the molecule is COc1ccc([C@@H](CC(=O)O)NC(=O)c2cc3cc(Br)ccc3oc2=O)cc1OC. The van der Waals surface area contributed by atoms with E-state index in [1.165, 1.54) is 20.3 Å². The van der Waals surface area contributed by atoms with Crippen molar-refractivity contribution in [2.45, 2.75) is 12.5 Å². The molecule has 1 amide bonds. The number of amides is 1. The van der Waals surface area contributed by atoms with E-state index in [4.69, 9.17) is 13.9 Å². The first kappa shape index (κ1) is 21.4. The predicted octanol–water partition coefficient (Wildman–Crippen LogP) is 3.52. The Bertz CT molecular complexity index is 1170. The lowest BCUT2D eigenvalue weighted by molar-refractivity contribution is -0.137. The van der Waals surface area contributed by atoms with E-state index in [9.17, 15) is 19.5 Å². The largest absolute Gasteiger partial charge is 0.493 e. The summed E-state index contributed by atoms with van der Waals surface area (Å²) in [6.45, 7) is 0. The molecule has 0 spiro atoms. The highest BCUT2D eigenvalue weighted by molar-refractivity contribution is 9.10. The molecule has 156 valence electrons. The predicted molar refractivity (Wildman–Crippen MR) is 112 cm³/mol. The molecule has 3 aromatic rings. The van der Waals surface area contributed by atoms with Crippen LogP contribution < -0.4 is 20.4 Å². The van der Waals surface area contributed by atoms with Crippen LogP contribution in [0, 0.1) is 0 Å². The molecule has 0 bridgehead atoms. The molecule has 0 radical (unpaired) electrons. The third-order valence-corrected chi connectivity index (χ3v) is 4.93. The minimum absolute atomic E-state index is 0.225. The van der Waals surface area contributed by atoms with Gasteiger partial charge in [-0.15, -0.1) is 0 Å². The lowest BCUT2D eigenvalue weighted by Gasteiger charge is -2.19. The molecule has 9 heteroatoms. The van der Waals surface area contributed by atoms with Gasteiger partial charge in [-0.25, -0.2) is 4.79 Å². The summed E-state index contributed by atoms with van der Waals surface area (Å²) in [5.41, 5.74) is -0.224. The van der Waals surface area contributed by atoms with E-state index < -0.39 is 30.0 Å². The summed E-state index contributed by atoms with van der Waals surface area (Å²) in [4.78, 5) is 36.5. The topological polar surface area (TPSA) is 115 Å². The van der Waals surface area contributed by atoms with Crippen LogP contribution in [0.4, 0.5) is 0 Å². The molecule has 0 unspecified atom stereocenters. The lowest BCUT2D eigenvalue weighted by atomic mass is 10.0. The van der Waals surface area contributed by atoms with Gasteiger partial charge in [-0.05, 0) is 42.0 Å². The number of benzene rings is 2. The molecule has 2 N–H and O–H groups in total. The fourth-order valence-electron chi connectivity index (χ4n) is 2.98. The maximum atomic E-state index is 12.8. The number of carboxylic acids is 1. The van der Waals surface area contributed by atoms with Gasteiger partial charge in [0.05, 0.1) is 26.7 Å². The van der Waals surface area contributed by atoms with E-state index >= 15 is 0 Å².